The van der Waals surface area contributed by atoms with E-state index in [0.717, 1.165) is 0 Å². The Hall–Kier alpha value is -3.40. The smallest absolute Gasteiger partial charge is 0.197 e. The molecule has 0 aliphatic carbocycles. The molecular weight excluding hydrogens is 319 g/mol. The average molecular weight is 332 g/mol. The summed E-state index contributed by atoms with van der Waals surface area (Å²) >= 11 is 0. The number of para-hydroxylation sites is 1. The first-order valence-corrected chi connectivity index (χ1v) is 7.75. The van der Waals surface area contributed by atoms with Gasteiger partial charge in [-0.25, -0.2) is 4.39 Å². The molecule has 4 heteroatoms. The molecule has 0 spiro atoms. The van der Waals surface area contributed by atoms with Crippen LogP contribution in [0.3, 0.4) is 0 Å². The highest BCUT2D eigenvalue weighted by molar-refractivity contribution is 6.19. The number of benzene rings is 3. The van der Waals surface area contributed by atoms with Gasteiger partial charge in [0.15, 0.2) is 5.78 Å². The Morgan fingerprint density at radius 1 is 0.920 bits per heavy atom. The fraction of sp³-hybridized carbons (Fsp3) is 0. The molecule has 0 saturated heterocycles. The molecule has 0 radical (unpaired) electrons. The van der Waals surface area contributed by atoms with E-state index in [1.54, 1.807) is 30.3 Å². The molecule has 0 unspecified atom stereocenters. The number of fused-ring (bicyclic) bond motifs is 1. The fourth-order valence-electron chi connectivity index (χ4n) is 2.86. The second-order valence-electron chi connectivity index (χ2n) is 5.69. The number of aromatic hydroxyl groups is 1. The molecule has 0 aliphatic heterocycles. The van der Waals surface area contributed by atoms with Crippen molar-refractivity contribution in [2.75, 3.05) is 0 Å². The molecule has 1 heterocycles. The fourth-order valence-corrected chi connectivity index (χ4v) is 2.86. The van der Waals surface area contributed by atoms with Gasteiger partial charge in [-0.2, -0.15) is 0 Å². The third kappa shape index (κ3) is 2.68. The summed E-state index contributed by atoms with van der Waals surface area (Å²) in [6.45, 7) is 0. The van der Waals surface area contributed by atoms with Gasteiger partial charge in [-0.3, -0.25) is 4.79 Å². The highest BCUT2D eigenvalue weighted by atomic mass is 19.1. The number of phenolic OH excluding ortho intramolecular Hbond substituents is 1. The largest absolute Gasteiger partial charge is 0.508 e. The molecule has 0 bridgehead atoms. The van der Waals surface area contributed by atoms with Crippen molar-refractivity contribution in [1.29, 1.82) is 0 Å². The first kappa shape index (κ1) is 15.1. The zero-order valence-corrected chi connectivity index (χ0v) is 13.1. The first-order valence-electron chi connectivity index (χ1n) is 7.75. The Balaban J connectivity index is 1.96. The predicted octanol–water partition coefficient (Wildman–Crippen LogP) is 5.18. The second kappa shape index (κ2) is 5.91. The van der Waals surface area contributed by atoms with Crippen LogP contribution in [0.2, 0.25) is 0 Å². The monoisotopic (exact) mass is 332 g/mol. The second-order valence-corrected chi connectivity index (χ2v) is 5.69. The quantitative estimate of drug-likeness (QED) is 0.526. The van der Waals surface area contributed by atoms with Crippen molar-refractivity contribution < 1.29 is 18.7 Å². The number of carbonyl (C=O) groups is 1. The zero-order valence-electron chi connectivity index (χ0n) is 13.1. The Bertz CT molecular complexity index is 1080. The lowest BCUT2D eigenvalue weighted by molar-refractivity contribution is 0.104. The Morgan fingerprint density at radius 3 is 2.44 bits per heavy atom. The summed E-state index contributed by atoms with van der Waals surface area (Å²) in [7, 11) is 0. The van der Waals surface area contributed by atoms with Crippen LogP contribution in [0, 0.1) is 5.82 Å². The molecule has 4 rings (SSSR count). The Kier molecular flexibility index (Phi) is 3.58. The van der Waals surface area contributed by atoms with Crippen molar-refractivity contribution in [2.45, 2.75) is 0 Å². The molecule has 0 fully saturated rings. The van der Waals surface area contributed by atoms with Gasteiger partial charge in [0, 0.05) is 16.5 Å². The van der Waals surface area contributed by atoms with Gasteiger partial charge in [-0.15, -0.1) is 0 Å². The number of ketones is 1. The third-order valence-electron chi connectivity index (χ3n) is 4.04. The van der Waals surface area contributed by atoms with E-state index in [1.165, 1.54) is 30.3 Å². The van der Waals surface area contributed by atoms with Gasteiger partial charge in [0.05, 0.1) is 5.56 Å². The normalized spacial score (nSPS) is 10.9. The average Bonchev–Trinajstić information content (AvgIpc) is 3.01. The van der Waals surface area contributed by atoms with Crippen molar-refractivity contribution in [3.63, 3.8) is 0 Å². The van der Waals surface area contributed by atoms with Crippen LogP contribution in [-0.2, 0) is 0 Å². The van der Waals surface area contributed by atoms with E-state index in [9.17, 15) is 14.3 Å². The summed E-state index contributed by atoms with van der Waals surface area (Å²) < 4.78 is 19.4. The molecular formula is C21H13FO3. The molecule has 1 N–H and O–H groups in total. The standard InChI is InChI=1S/C21H13FO3/c22-15-5-3-4-14(12-15)20(24)19-17-6-1-2-7-18(17)25-21(19)13-8-10-16(23)11-9-13/h1-12,23H. The zero-order chi connectivity index (χ0) is 17.4. The van der Waals surface area contributed by atoms with Crippen molar-refractivity contribution >= 4 is 16.8 Å². The SMILES string of the molecule is O=C(c1cccc(F)c1)c1c(-c2ccc(O)cc2)oc2ccccc12. The summed E-state index contributed by atoms with van der Waals surface area (Å²) in [5.74, 6) is -0.259. The van der Waals surface area contributed by atoms with Gasteiger partial charge < -0.3 is 9.52 Å². The van der Waals surface area contributed by atoms with Crippen LogP contribution >= 0.6 is 0 Å². The molecule has 0 amide bonds. The number of halogens is 1. The van der Waals surface area contributed by atoms with Crippen molar-refractivity contribution in [2.24, 2.45) is 0 Å². The number of carbonyl (C=O) groups excluding carboxylic acids is 1. The van der Waals surface area contributed by atoms with Crippen LogP contribution in [0.4, 0.5) is 4.39 Å². The third-order valence-corrected chi connectivity index (χ3v) is 4.04. The number of rotatable bonds is 3. The maximum absolute atomic E-state index is 13.5. The van der Waals surface area contributed by atoms with Crippen molar-refractivity contribution in [3.05, 3.63) is 89.7 Å². The van der Waals surface area contributed by atoms with Crippen molar-refractivity contribution in [3.8, 4) is 17.1 Å². The predicted molar refractivity (Wildman–Crippen MR) is 93.1 cm³/mol. The molecule has 25 heavy (non-hydrogen) atoms. The summed E-state index contributed by atoms with van der Waals surface area (Å²) in [6.07, 6.45) is 0. The summed E-state index contributed by atoms with van der Waals surface area (Å²) in [5.41, 5.74) is 1.87. The maximum atomic E-state index is 13.5. The van der Waals surface area contributed by atoms with Gasteiger partial charge in [0.1, 0.15) is 22.9 Å². The van der Waals surface area contributed by atoms with Crippen LogP contribution in [0.5, 0.6) is 5.75 Å². The molecule has 3 aromatic carbocycles. The molecule has 4 aromatic rings. The molecule has 0 atom stereocenters. The Labute approximate surface area is 143 Å². The first-order chi connectivity index (χ1) is 12.1. The van der Waals surface area contributed by atoms with E-state index in [1.807, 2.05) is 12.1 Å². The summed E-state index contributed by atoms with van der Waals surface area (Å²) in [5, 5.41) is 10.2. The molecule has 0 saturated carbocycles. The van der Waals surface area contributed by atoms with Crippen molar-refractivity contribution in [1.82, 2.24) is 0 Å². The van der Waals surface area contributed by atoms with E-state index in [2.05, 4.69) is 0 Å². The highest BCUT2D eigenvalue weighted by Crippen LogP contribution is 2.35. The lowest BCUT2D eigenvalue weighted by atomic mass is 9.97. The molecule has 3 nitrogen and oxygen atoms in total. The van der Waals surface area contributed by atoms with E-state index >= 15 is 0 Å². The van der Waals surface area contributed by atoms with Gasteiger partial charge in [-0.1, -0.05) is 30.3 Å². The minimum atomic E-state index is -0.468. The molecule has 122 valence electrons. The lowest BCUT2D eigenvalue weighted by Crippen LogP contribution is -2.02. The van der Waals surface area contributed by atoms with Crippen LogP contribution in [-0.4, -0.2) is 10.9 Å². The molecule has 0 aliphatic rings. The minimum absolute atomic E-state index is 0.123. The van der Waals surface area contributed by atoms with Crippen LogP contribution in [0.1, 0.15) is 15.9 Å². The van der Waals surface area contributed by atoms with E-state index < -0.39 is 5.82 Å². The van der Waals surface area contributed by atoms with Gasteiger partial charge in [-0.05, 0) is 42.5 Å². The van der Waals surface area contributed by atoms with Crippen LogP contribution in [0.25, 0.3) is 22.3 Å². The van der Waals surface area contributed by atoms with Crippen LogP contribution < -0.4 is 0 Å². The van der Waals surface area contributed by atoms with E-state index in [4.69, 9.17) is 4.42 Å². The van der Waals surface area contributed by atoms with Gasteiger partial charge >= 0.3 is 0 Å². The number of furan rings is 1. The number of hydrogen-bond donors (Lipinski definition) is 1. The highest BCUT2D eigenvalue weighted by Gasteiger charge is 2.23. The minimum Gasteiger partial charge on any atom is -0.508 e. The van der Waals surface area contributed by atoms with E-state index in [-0.39, 0.29) is 17.1 Å². The topological polar surface area (TPSA) is 50.4 Å². The summed E-state index contributed by atoms with van der Waals surface area (Å²) in [4.78, 5) is 13.1. The molecule has 1 aromatic heterocycles. The van der Waals surface area contributed by atoms with E-state index in [0.29, 0.717) is 27.9 Å². The number of phenols is 1. The van der Waals surface area contributed by atoms with Gasteiger partial charge in [0.25, 0.3) is 0 Å². The summed E-state index contributed by atoms with van der Waals surface area (Å²) in [6, 6.07) is 19.2. The van der Waals surface area contributed by atoms with Crippen LogP contribution in [0.15, 0.2) is 77.2 Å². The maximum Gasteiger partial charge on any atom is 0.197 e. The number of hydrogen-bond acceptors (Lipinski definition) is 3. The van der Waals surface area contributed by atoms with Gasteiger partial charge in [0.2, 0.25) is 0 Å². The lowest BCUT2D eigenvalue weighted by Gasteiger charge is -2.04. The Morgan fingerprint density at radius 2 is 1.68 bits per heavy atom.